The molecule has 4 fully saturated rings. The second-order valence-corrected chi connectivity index (χ2v) is 12.1. The Bertz CT molecular complexity index is 443. The number of rotatable bonds is 0. The number of hydrogen-bond acceptors (Lipinski definition) is 0. The molecular weight excluding hydrogens is 300 g/mol. The molecule has 0 saturated heterocycles. The van der Waals surface area contributed by atoms with E-state index in [9.17, 15) is 0 Å². The van der Waals surface area contributed by atoms with E-state index in [2.05, 4.69) is 48.1 Å². The summed E-state index contributed by atoms with van der Waals surface area (Å²) >= 11 is 0. The summed E-state index contributed by atoms with van der Waals surface area (Å²) in [7, 11) is 0. The summed E-state index contributed by atoms with van der Waals surface area (Å²) < 4.78 is 0. The summed E-state index contributed by atoms with van der Waals surface area (Å²) in [6, 6.07) is 0. The minimum absolute atomic E-state index is 0.520. The van der Waals surface area contributed by atoms with Crippen molar-refractivity contribution in [2.24, 2.45) is 46.3 Å². The normalized spacial score (nSPS) is 40.6. The van der Waals surface area contributed by atoms with Gasteiger partial charge in [0.25, 0.3) is 0 Å². The van der Waals surface area contributed by atoms with Gasteiger partial charge in [-0.1, -0.05) is 73.0 Å². The van der Waals surface area contributed by atoms with Gasteiger partial charge in [-0.05, 0) is 84.9 Å². The first kappa shape index (κ1) is 19.5. The van der Waals surface area contributed by atoms with Crippen LogP contribution in [0.5, 0.6) is 0 Å². The van der Waals surface area contributed by atoms with Crippen molar-refractivity contribution >= 4 is 0 Å². The monoisotopic (exact) mass is 344 g/mol. The standard InChI is InChI=1S/C13H22.C12H22/c1-9-7-10-5-6-11(8-9)12(10)13(2,3)4;1-12(2,3)11-7-9-5-4-6-10(9)8-11/h10-12H,1,5-8H2,2-4H3;9-11H,4-8H2,1-3H3. The van der Waals surface area contributed by atoms with Gasteiger partial charge in [0.1, 0.15) is 0 Å². The third-order valence-electron chi connectivity index (χ3n) is 8.24. The smallest absolute Gasteiger partial charge is 0.0291 e. The molecular formula is C25H44. The highest BCUT2D eigenvalue weighted by atomic mass is 14.5. The van der Waals surface area contributed by atoms with Crippen molar-refractivity contribution in [1.29, 1.82) is 0 Å². The van der Waals surface area contributed by atoms with Crippen molar-refractivity contribution in [3.63, 3.8) is 0 Å². The van der Waals surface area contributed by atoms with Crippen LogP contribution >= 0.6 is 0 Å². The molecule has 4 unspecified atom stereocenters. The largest absolute Gasteiger partial charge is 0.0998 e. The van der Waals surface area contributed by atoms with Gasteiger partial charge < -0.3 is 0 Å². The van der Waals surface area contributed by atoms with Gasteiger partial charge >= 0.3 is 0 Å². The number of fused-ring (bicyclic) bond motifs is 3. The van der Waals surface area contributed by atoms with Crippen molar-refractivity contribution in [3.05, 3.63) is 12.2 Å². The Kier molecular flexibility index (Phi) is 5.50. The zero-order chi connectivity index (χ0) is 18.4. The van der Waals surface area contributed by atoms with Crippen molar-refractivity contribution in [3.8, 4) is 0 Å². The highest BCUT2D eigenvalue weighted by Crippen LogP contribution is 2.55. The highest BCUT2D eigenvalue weighted by molar-refractivity contribution is 5.09. The first-order valence-corrected chi connectivity index (χ1v) is 11.2. The molecule has 0 aromatic carbocycles. The van der Waals surface area contributed by atoms with E-state index in [0.717, 1.165) is 35.5 Å². The fourth-order valence-electron chi connectivity index (χ4n) is 7.14. The molecule has 0 aliphatic heterocycles. The average molecular weight is 345 g/mol. The van der Waals surface area contributed by atoms with Crippen LogP contribution in [0.3, 0.4) is 0 Å². The predicted octanol–water partition coefficient (Wildman–Crippen LogP) is 7.88. The van der Waals surface area contributed by atoms with Gasteiger partial charge in [0.2, 0.25) is 0 Å². The number of allylic oxidation sites excluding steroid dienone is 1. The summed E-state index contributed by atoms with van der Waals surface area (Å²) in [5, 5.41) is 0. The third-order valence-corrected chi connectivity index (χ3v) is 8.24. The lowest BCUT2D eigenvalue weighted by atomic mass is 9.65. The molecule has 0 nitrogen and oxygen atoms in total. The van der Waals surface area contributed by atoms with Gasteiger partial charge in [0.05, 0.1) is 0 Å². The van der Waals surface area contributed by atoms with E-state index in [1.54, 1.807) is 0 Å². The molecule has 4 aliphatic carbocycles. The maximum Gasteiger partial charge on any atom is -0.0291 e. The molecule has 4 rings (SSSR count). The van der Waals surface area contributed by atoms with Gasteiger partial charge in [0.15, 0.2) is 0 Å². The molecule has 0 heteroatoms. The lowest BCUT2D eigenvalue weighted by Crippen LogP contribution is -2.32. The summed E-state index contributed by atoms with van der Waals surface area (Å²) in [6.45, 7) is 18.7. The molecule has 0 amide bonds. The maximum atomic E-state index is 4.17. The van der Waals surface area contributed by atoms with Crippen molar-refractivity contribution < 1.29 is 0 Å². The molecule has 0 spiro atoms. The molecule has 4 saturated carbocycles. The Morgan fingerprint density at radius 1 is 0.680 bits per heavy atom. The SMILES string of the molecule is C=C1CC2CCC(C1)C2C(C)(C)C.CC(C)(C)C1CC2CCCC2C1. The van der Waals surface area contributed by atoms with Crippen LogP contribution in [0.2, 0.25) is 0 Å². The van der Waals surface area contributed by atoms with Gasteiger partial charge in [-0.15, -0.1) is 0 Å². The summed E-state index contributed by atoms with van der Waals surface area (Å²) in [6.07, 6.45) is 13.2. The molecule has 144 valence electrons. The van der Waals surface area contributed by atoms with Crippen LogP contribution in [0.4, 0.5) is 0 Å². The zero-order valence-electron chi connectivity index (χ0n) is 18.0. The molecule has 0 aromatic rings. The Balaban J connectivity index is 0.000000146. The molecule has 2 bridgehead atoms. The highest BCUT2D eigenvalue weighted by Gasteiger charge is 2.45. The van der Waals surface area contributed by atoms with E-state index in [-0.39, 0.29) is 0 Å². The van der Waals surface area contributed by atoms with Crippen LogP contribution in [0.1, 0.15) is 99.3 Å². The van der Waals surface area contributed by atoms with E-state index in [0.29, 0.717) is 10.8 Å². The minimum atomic E-state index is 0.520. The van der Waals surface area contributed by atoms with E-state index in [4.69, 9.17) is 0 Å². The van der Waals surface area contributed by atoms with Crippen molar-refractivity contribution in [1.82, 2.24) is 0 Å². The lowest BCUT2D eigenvalue weighted by molar-refractivity contribution is 0.118. The number of hydrogen-bond donors (Lipinski definition) is 0. The van der Waals surface area contributed by atoms with E-state index < -0.39 is 0 Å². The van der Waals surface area contributed by atoms with Crippen LogP contribution in [0, 0.1) is 46.3 Å². The summed E-state index contributed by atoms with van der Waals surface area (Å²) in [4.78, 5) is 0. The third kappa shape index (κ3) is 4.36. The summed E-state index contributed by atoms with van der Waals surface area (Å²) in [5.41, 5.74) is 2.62. The van der Waals surface area contributed by atoms with Gasteiger partial charge in [-0.25, -0.2) is 0 Å². The molecule has 0 heterocycles. The quantitative estimate of drug-likeness (QED) is 0.392. The van der Waals surface area contributed by atoms with Crippen molar-refractivity contribution in [2.75, 3.05) is 0 Å². The van der Waals surface area contributed by atoms with Gasteiger partial charge in [-0.3, -0.25) is 0 Å². The van der Waals surface area contributed by atoms with E-state index >= 15 is 0 Å². The van der Waals surface area contributed by atoms with Crippen LogP contribution in [-0.4, -0.2) is 0 Å². The fourth-order valence-corrected chi connectivity index (χ4v) is 7.14. The fraction of sp³-hybridized carbons (Fsp3) is 0.920. The Morgan fingerprint density at radius 2 is 1.16 bits per heavy atom. The van der Waals surface area contributed by atoms with Crippen LogP contribution in [0.15, 0.2) is 12.2 Å². The van der Waals surface area contributed by atoms with E-state index in [1.807, 2.05) is 0 Å². The Hall–Kier alpha value is -0.260. The first-order valence-electron chi connectivity index (χ1n) is 11.2. The predicted molar refractivity (Wildman–Crippen MR) is 111 cm³/mol. The topological polar surface area (TPSA) is 0 Å². The molecule has 4 atom stereocenters. The van der Waals surface area contributed by atoms with Crippen LogP contribution in [-0.2, 0) is 0 Å². The Labute approximate surface area is 158 Å². The zero-order valence-corrected chi connectivity index (χ0v) is 18.0. The second kappa shape index (κ2) is 7.05. The molecule has 25 heavy (non-hydrogen) atoms. The average Bonchev–Trinajstić information content (AvgIpc) is 3.10. The second-order valence-electron chi connectivity index (χ2n) is 12.1. The first-order chi connectivity index (χ1) is 11.6. The van der Waals surface area contributed by atoms with Crippen molar-refractivity contribution in [2.45, 2.75) is 99.3 Å². The molecule has 0 radical (unpaired) electrons. The van der Waals surface area contributed by atoms with Gasteiger partial charge in [0, 0.05) is 0 Å². The summed E-state index contributed by atoms with van der Waals surface area (Å²) in [5.74, 6) is 6.16. The molecule has 4 aliphatic rings. The maximum absolute atomic E-state index is 4.17. The van der Waals surface area contributed by atoms with Crippen LogP contribution in [0.25, 0.3) is 0 Å². The van der Waals surface area contributed by atoms with Gasteiger partial charge in [-0.2, -0.15) is 0 Å². The molecule has 0 aromatic heterocycles. The molecule has 0 N–H and O–H groups in total. The van der Waals surface area contributed by atoms with Crippen LogP contribution < -0.4 is 0 Å². The Morgan fingerprint density at radius 3 is 1.56 bits per heavy atom. The lowest BCUT2D eigenvalue weighted by Gasteiger charge is -2.40. The minimum Gasteiger partial charge on any atom is -0.0998 e. The van der Waals surface area contributed by atoms with E-state index in [1.165, 1.54) is 63.4 Å².